The first-order chi connectivity index (χ1) is 10.4. The second-order valence-electron chi connectivity index (χ2n) is 6.49. The molecule has 2 aromatic heterocycles. The number of benzene rings is 1. The van der Waals surface area contributed by atoms with Gasteiger partial charge in [-0.25, -0.2) is 4.98 Å². The number of rotatable bonds is 4. The van der Waals surface area contributed by atoms with Gasteiger partial charge in [0.1, 0.15) is 5.82 Å². The normalized spacial score (nSPS) is 11.5. The summed E-state index contributed by atoms with van der Waals surface area (Å²) in [5.74, 6) is 1.09. The fraction of sp³-hybridized carbons (Fsp3) is 0.333. The van der Waals surface area contributed by atoms with Crippen LogP contribution in [0.4, 0.5) is 0 Å². The van der Waals surface area contributed by atoms with Crippen LogP contribution in [-0.4, -0.2) is 19.9 Å². The fourth-order valence-electron chi connectivity index (χ4n) is 2.96. The van der Waals surface area contributed by atoms with E-state index >= 15 is 0 Å². The van der Waals surface area contributed by atoms with Gasteiger partial charge in [0.25, 0.3) is 0 Å². The number of imidazole rings is 1. The number of nitrogens with zero attached hydrogens (tertiary/aromatic N) is 3. The first kappa shape index (κ1) is 17.3. The molecule has 2 heterocycles. The van der Waals surface area contributed by atoms with Gasteiger partial charge < -0.3 is 9.13 Å². The van der Waals surface area contributed by atoms with Crippen LogP contribution < -0.4 is 0 Å². The van der Waals surface area contributed by atoms with E-state index < -0.39 is 5.41 Å². The van der Waals surface area contributed by atoms with Gasteiger partial charge in [-0.1, -0.05) is 32.0 Å². The van der Waals surface area contributed by atoms with E-state index in [0.717, 1.165) is 22.3 Å². The predicted octanol–water partition coefficient (Wildman–Crippen LogP) is 4.01. The van der Waals surface area contributed by atoms with E-state index in [4.69, 9.17) is 0 Å². The van der Waals surface area contributed by atoms with Crippen molar-refractivity contribution >= 4 is 29.1 Å². The molecule has 3 rings (SSSR count). The monoisotopic (exact) mass is 331 g/mol. The third kappa shape index (κ3) is 3.04. The Bertz CT molecular complexity index is 845. The van der Waals surface area contributed by atoms with E-state index in [9.17, 15) is 4.79 Å². The molecule has 0 atom stereocenters. The maximum Gasteiger partial charge on any atom is 0.172 e. The molecule has 0 radical (unpaired) electrons. The molecule has 122 valence electrons. The van der Waals surface area contributed by atoms with Crippen molar-refractivity contribution in [2.75, 3.05) is 0 Å². The molecular formula is C18H22ClN3O. The number of Topliss-reactive ketones (excluding diaryl/α,β-unsaturated/α-hetero) is 1. The summed E-state index contributed by atoms with van der Waals surface area (Å²) < 4.78 is 4.05. The number of para-hydroxylation sites is 1. The quantitative estimate of drug-likeness (QED) is 0.677. The number of halogens is 1. The molecule has 3 aromatic rings. The molecule has 0 amide bonds. The van der Waals surface area contributed by atoms with Crippen molar-refractivity contribution in [2.24, 2.45) is 12.5 Å². The third-order valence-electron chi connectivity index (χ3n) is 4.25. The molecular weight excluding hydrogens is 310 g/mol. The van der Waals surface area contributed by atoms with Gasteiger partial charge in [0, 0.05) is 54.1 Å². The molecule has 0 saturated carbocycles. The first-order valence-electron chi connectivity index (χ1n) is 7.47. The Morgan fingerprint density at radius 2 is 1.96 bits per heavy atom. The third-order valence-corrected chi connectivity index (χ3v) is 4.25. The molecule has 0 aliphatic rings. The van der Waals surface area contributed by atoms with Gasteiger partial charge >= 0.3 is 0 Å². The summed E-state index contributed by atoms with van der Waals surface area (Å²) in [5, 5.41) is 1.02. The smallest absolute Gasteiger partial charge is 0.172 e. The van der Waals surface area contributed by atoms with Crippen LogP contribution in [0.3, 0.4) is 0 Å². The van der Waals surface area contributed by atoms with Crippen molar-refractivity contribution in [3.63, 3.8) is 0 Å². The molecule has 0 aliphatic heterocycles. The van der Waals surface area contributed by atoms with Gasteiger partial charge in [0.05, 0.1) is 0 Å². The Labute approximate surface area is 142 Å². The van der Waals surface area contributed by atoms with Gasteiger partial charge in [-0.2, -0.15) is 0 Å². The number of hydrogen-bond acceptors (Lipinski definition) is 2. The van der Waals surface area contributed by atoms with Gasteiger partial charge in [-0.05, 0) is 13.0 Å². The summed E-state index contributed by atoms with van der Waals surface area (Å²) in [4.78, 5) is 17.3. The molecule has 4 nitrogen and oxygen atoms in total. The Morgan fingerprint density at radius 1 is 1.26 bits per heavy atom. The summed E-state index contributed by atoms with van der Waals surface area (Å²) in [7, 11) is 1.98. The van der Waals surface area contributed by atoms with Gasteiger partial charge in [0.15, 0.2) is 5.78 Å². The molecule has 0 fully saturated rings. The molecule has 5 heteroatoms. The minimum absolute atomic E-state index is 0. The van der Waals surface area contributed by atoms with Crippen LogP contribution in [0.5, 0.6) is 0 Å². The summed E-state index contributed by atoms with van der Waals surface area (Å²) in [6.45, 7) is 6.58. The van der Waals surface area contributed by atoms with Crippen molar-refractivity contribution in [1.82, 2.24) is 14.1 Å². The van der Waals surface area contributed by atoms with Crippen molar-refractivity contribution in [3.05, 3.63) is 54.2 Å². The molecule has 0 aliphatic carbocycles. The minimum atomic E-state index is -0.490. The highest BCUT2D eigenvalue weighted by Gasteiger charge is 2.31. The van der Waals surface area contributed by atoms with Crippen LogP contribution in [0.2, 0.25) is 0 Å². The average molecular weight is 332 g/mol. The molecule has 1 aromatic carbocycles. The Balaban J connectivity index is 0.00000192. The van der Waals surface area contributed by atoms with Gasteiger partial charge in [-0.3, -0.25) is 4.79 Å². The summed E-state index contributed by atoms with van der Waals surface area (Å²) >= 11 is 0. The van der Waals surface area contributed by atoms with E-state index in [-0.39, 0.29) is 18.2 Å². The van der Waals surface area contributed by atoms with E-state index in [0.29, 0.717) is 6.54 Å². The average Bonchev–Trinajstić information content (AvgIpc) is 3.03. The van der Waals surface area contributed by atoms with Crippen LogP contribution in [-0.2, 0) is 13.6 Å². The molecule has 23 heavy (non-hydrogen) atoms. The van der Waals surface area contributed by atoms with Crippen LogP contribution in [0.15, 0.2) is 42.9 Å². The van der Waals surface area contributed by atoms with E-state index in [2.05, 4.69) is 4.98 Å². The number of carbonyl (C=O) groups excluding carboxylic acids is 1. The summed E-state index contributed by atoms with van der Waals surface area (Å²) in [6, 6.07) is 8.03. The number of ketones is 1. The fourth-order valence-corrected chi connectivity index (χ4v) is 2.96. The van der Waals surface area contributed by atoms with E-state index in [1.54, 1.807) is 6.20 Å². The zero-order chi connectivity index (χ0) is 15.9. The Kier molecular flexibility index (Phi) is 4.66. The highest BCUT2D eigenvalue weighted by Crippen LogP contribution is 2.29. The standard InChI is InChI=1S/C18H21N3O.ClH/c1-13-19-9-10-21(13)12-18(2,3)17(22)15-11-20(4)16-8-6-5-7-14(15)16;/h5-11H,12H2,1-4H3;1H. The highest BCUT2D eigenvalue weighted by molar-refractivity contribution is 6.10. The SMILES string of the molecule is Cc1nccn1CC(C)(C)C(=O)c1cn(C)c2ccccc12.Cl. The topological polar surface area (TPSA) is 39.8 Å². The lowest BCUT2D eigenvalue weighted by molar-refractivity contribution is 0.0815. The van der Waals surface area contributed by atoms with E-state index in [1.165, 1.54) is 0 Å². The second-order valence-corrected chi connectivity index (χ2v) is 6.49. The minimum Gasteiger partial charge on any atom is -0.350 e. The van der Waals surface area contributed by atoms with Crippen LogP contribution >= 0.6 is 12.4 Å². The first-order valence-corrected chi connectivity index (χ1v) is 7.47. The van der Waals surface area contributed by atoms with Crippen molar-refractivity contribution < 1.29 is 4.79 Å². The van der Waals surface area contributed by atoms with Crippen LogP contribution in [0.25, 0.3) is 10.9 Å². The van der Waals surface area contributed by atoms with Gasteiger partial charge in [0.2, 0.25) is 0 Å². The zero-order valence-electron chi connectivity index (χ0n) is 13.9. The summed E-state index contributed by atoms with van der Waals surface area (Å²) in [5.41, 5.74) is 1.39. The number of aromatic nitrogens is 3. The van der Waals surface area contributed by atoms with Crippen molar-refractivity contribution in [1.29, 1.82) is 0 Å². The Morgan fingerprint density at radius 3 is 2.61 bits per heavy atom. The van der Waals surface area contributed by atoms with Crippen LogP contribution in [0.1, 0.15) is 30.0 Å². The lowest BCUT2D eigenvalue weighted by Gasteiger charge is -2.24. The molecule has 0 spiro atoms. The van der Waals surface area contributed by atoms with Gasteiger partial charge in [-0.15, -0.1) is 12.4 Å². The maximum absolute atomic E-state index is 13.1. The lowest BCUT2D eigenvalue weighted by atomic mass is 9.84. The van der Waals surface area contributed by atoms with E-state index in [1.807, 2.05) is 73.6 Å². The molecule has 0 N–H and O–H groups in total. The van der Waals surface area contributed by atoms with Crippen molar-refractivity contribution in [3.8, 4) is 0 Å². The van der Waals surface area contributed by atoms with Crippen LogP contribution in [0, 0.1) is 12.3 Å². The Hall–Kier alpha value is -2.07. The van der Waals surface area contributed by atoms with Crippen molar-refractivity contribution in [2.45, 2.75) is 27.3 Å². The second kappa shape index (κ2) is 6.20. The molecule has 0 unspecified atom stereocenters. The lowest BCUT2D eigenvalue weighted by Crippen LogP contribution is -2.29. The molecule has 0 saturated heterocycles. The number of hydrogen-bond donors (Lipinski definition) is 0. The number of fused-ring (bicyclic) bond motifs is 1. The zero-order valence-corrected chi connectivity index (χ0v) is 14.7. The number of aryl methyl sites for hydroxylation is 2. The largest absolute Gasteiger partial charge is 0.350 e. The summed E-state index contributed by atoms with van der Waals surface area (Å²) in [6.07, 6.45) is 5.64. The molecule has 0 bridgehead atoms. The highest BCUT2D eigenvalue weighted by atomic mass is 35.5. The predicted molar refractivity (Wildman–Crippen MR) is 95.2 cm³/mol. The maximum atomic E-state index is 13.1. The number of carbonyl (C=O) groups is 1.